The van der Waals surface area contributed by atoms with Crippen LogP contribution in [-0.4, -0.2) is 28.4 Å². The van der Waals surface area contributed by atoms with E-state index in [2.05, 4.69) is 15.5 Å². The van der Waals surface area contributed by atoms with E-state index in [4.69, 9.17) is 9.15 Å². The SMILES string of the molecule is COc1ccc(CCNc2nnc(-c3cccn3C)o2)cc1. The van der Waals surface area contributed by atoms with Crippen LogP contribution in [0.1, 0.15) is 5.56 Å². The fourth-order valence-corrected chi connectivity index (χ4v) is 2.19. The van der Waals surface area contributed by atoms with Crippen LogP contribution in [0.25, 0.3) is 11.6 Å². The van der Waals surface area contributed by atoms with Crippen molar-refractivity contribution in [1.29, 1.82) is 0 Å². The smallest absolute Gasteiger partial charge is 0.315 e. The molecule has 0 saturated heterocycles. The third-order valence-electron chi connectivity index (χ3n) is 3.44. The first-order valence-corrected chi connectivity index (χ1v) is 7.08. The van der Waals surface area contributed by atoms with Crippen molar-refractivity contribution in [3.05, 3.63) is 48.2 Å². The van der Waals surface area contributed by atoms with Gasteiger partial charge in [-0.3, -0.25) is 0 Å². The van der Waals surface area contributed by atoms with Gasteiger partial charge in [-0.2, -0.15) is 0 Å². The van der Waals surface area contributed by atoms with Gasteiger partial charge in [-0.15, -0.1) is 5.10 Å². The van der Waals surface area contributed by atoms with E-state index >= 15 is 0 Å². The third-order valence-corrected chi connectivity index (χ3v) is 3.44. The summed E-state index contributed by atoms with van der Waals surface area (Å²) in [5.41, 5.74) is 2.12. The molecule has 0 aliphatic carbocycles. The average Bonchev–Trinajstić information content (AvgIpc) is 3.17. The molecule has 0 spiro atoms. The zero-order valence-electron chi connectivity index (χ0n) is 12.6. The molecule has 22 heavy (non-hydrogen) atoms. The molecule has 2 aromatic heterocycles. The summed E-state index contributed by atoms with van der Waals surface area (Å²) in [5.74, 6) is 1.38. The highest BCUT2D eigenvalue weighted by Gasteiger charge is 2.10. The van der Waals surface area contributed by atoms with Crippen molar-refractivity contribution in [3.63, 3.8) is 0 Å². The number of ether oxygens (including phenoxy) is 1. The summed E-state index contributed by atoms with van der Waals surface area (Å²) in [5, 5.41) is 11.2. The van der Waals surface area contributed by atoms with Gasteiger partial charge in [0.2, 0.25) is 0 Å². The molecule has 0 aliphatic rings. The quantitative estimate of drug-likeness (QED) is 0.758. The molecule has 0 aliphatic heterocycles. The van der Waals surface area contributed by atoms with Gasteiger partial charge >= 0.3 is 6.01 Å². The van der Waals surface area contributed by atoms with Gasteiger partial charge < -0.3 is 19.0 Å². The van der Waals surface area contributed by atoms with E-state index in [0.717, 1.165) is 24.4 Å². The van der Waals surface area contributed by atoms with E-state index in [1.165, 1.54) is 5.56 Å². The van der Waals surface area contributed by atoms with Crippen LogP contribution >= 0.6 is 0 Å². The minimum Gasteiger partial charge on any atom is -0.497 e. The summed E-state index contributed by atoms with van der Waals surface area (Å²) in [4.78, 5) is 0. The number of benzene rings is 1. The Labute approximate surface area is 128 Å². The zero-order chi connectivity index (χ0) is 15.4. The lowest BCUT2D eigenvalue weighted by molar-refractivity contribution is 0.414. The fourth-order valence-electron chi connectivity index (χ4n) is 2.19. The first-order valence-electron chi connectivity index (χ1n) is 7.08. The van der Waals surface area contributed by atoms with E-state index in [9.17, 15) is 0 Å². The summed E-state index contributed by atoms with van der Waals surface area (Å²) < 4.78 is 12.7. The van der Waals surface area contributed by atoms with Gasteiger partial charge in [0.05, 0.1) is 7.11 Å². The summed E-state index contributed by atoms with van der Waals surface area (Å²) in [6.45, 7) is 0.723. The topological polar surface area (TPSA) is 65.1 Å². The molecule has 3 rings (SSSR count). The number of nitrogens with one attached hydrogen (secondary N) is 1. The molecule has 0 bridgehead atoms. The first-order chi connectivity index (χ1) is 10.8. The van der Waals surface area contributed by atoms with E-state index in [-0.39, 0.29) is 0 Å². The molecule has 6 heteroatoms. The van der Waals surface area contributed by atoms with Crippen molar-refractivity contribution in [1.82, 2.24) is 14.8 Å². The normalized spacial score (nSPS) is 10.6. The molecule has 0 fully saturated rings. The van der Waals surface area contributed by atoms with Gasteiger partial charge in [0, 0.05) is 19.8 Å². The molecule has 2 heterocycles. The molecule has 6 nitrogen and oxygen atoms in total. The summed E-state index contributed by atoms with van der Waals surface area (Å²) in [6.07, 6.45) is 2.81. The molecule has 0 saturated carbocycles. The Kier molecular flexibility index (Phi) is 4.09. The zero-order valence-corrected chi connectivity index (χ0v) is 12.6. The van der Waals surface area contributed by atoms with Crippen molar-refractivity contribution in [2.24, 2.45) is 7.05 Å². The van der Waals surface area contributed by atoms with E-state index in [1.807, 2.05) is 54.2 Å². The number of nitrogens with zero attached hydrogens (tertiary/aromatic N) is 3. The van der Waals surface area contributed by atoms with Crippen LogP contribution in [0.15, 0.2) is 47.0 Å². The maximum absolute atomic E-state index is 5.61. The van der Waals surface area contributed by atoms with Crippen LogP contribution in [-0.2, 0) is 13.5 Å². The Morgan fingerprint density at radius 3 is 2.68 bits per heavy atom. The number of hydrogen-bond donors (Lipinski definition) is 1. The molecule has 0 radical (unpaired) electrons. The Hall–Kier alpha value is -2.76. The van der Waals surface area contributed by atoms with Crippen molar-refractivity contribution in [2.75, 3.05) is 19.0 Å². The second-order valence-corrected chi connectivity index (χ2v) is 4.94. The third kappa shape index (κ3) is 3.11. The number of hydrogen-bond acceptors (Lipinski definition) is 5. The maximum Gasteiger partial charge on any atom is 0.315 e. The number of anilines is 1. The minimum atomic E-state index is 0.435. The fraction of sp³-hybridized carbons (Fsp3) is 0.250. The standard InChI is InChI=1S/C16H18N4O2/c1-20-11-3-4-14(20)15-18-19-16(22-15)17-10-9-12-5-7-13(21-2)8-6-12/h3-8,11H,9-10H2,1-2H3,(H,17,19). The van der Waals surface area contributed by atoms with E-state index in [1.54, 1.807) is 7.11 Å². The number of rotatable bonds is 6. The van der Waals surface area contributed by atoms with E-state index < -0.39 is 0 Å². The van der Waals surface area contributed by atoms with Crippen LogP contribution in [0, 0.1) is 0 Å². The van der Waals surface area contributed by atoms with Crippen LogP contribution in [0.2, 0.25) is 0 Å². The van der Waals surface area contributed by atoms with Crippen LogP contribution in [0.4, 0.5) is 6.01 Å². The molecular weight excluding hydrogens is 280 g/mol. The average molecular weight is 298 g/mol. The molecule has 0 amide bonds. The molecule has 1 N–H and O–H groups in total. The molecule has 114 valence electrons. The summed E-state index contributed by atoms with van der Waals surface area (Å²) in [7, 11) is 3.60. The van der Waals surface area contributed by atoms with Crippen molar-refractivity contribution in [3.8, 4) is 17.3 Å². The lowest BCUT2D eigenvalue weighted by atomic mass is 10.1. The van der Waals surface area contributed by atoms with Gasteiger partial charge in [-0.1, -0.05) is 17.2 Å². The second kappa shape index (κ2) is 6.34. The summed E-state index contributed by atoms with van der Waals surface area (Å²) >= 11 is 0. The highest BCUT2D eigenvalue weighted by Crippen LogP contribution is 2.19. The highest BCUT2D eigenvalue weighted by molar-refractivity contribution is 5.48. The van der Waals surface area contributed by atoms with Crippen molar-refractivity contribution >= 4 is 6.01 Å². The van der Waals surface area contributed by atoms with Gasteiger partial charge in [0.1, 0.15) is 11.4 Å². The number of aromatic nitrogens is 3. The Morgan fingerprint density at radius 1 is 1.18 bits per heavy atom. The van der Waals surface area contributed by atoms with Gasteiger partial charge in [-0.05, 0) is 36.2 Å². The van der Waals surface area contributed by atoms with Gasteiger partial charge in [0.15, 0.2) is 0 Å². The van der Waals surface area contributed by atoms with Crippen molar-refractivity contribution in [2.45, 2.75) is 6.42 Å². The maximum atomic E-state index is 5.61. The van der Waals surface area contributed by atoms with Crippen LogP contribution in [0.5, 0.6) is 5.75 Å². The van der Waals surface area contributed by atoms with Crippen molar-refractivity contribution < 1.29 is 9.15 Å². The minimum absolute atomic E-state index is 0.435. The van der Waals surface area contributed by atoms with E-state index in [0.29, 0.717) is 11.9 Å². The summed E-state index contributed by atoms with van der Waals surface area (Å²) in [6, 6.07) is 12.3. The lowest BCUT2D eigenvalue weighted by Gasteiger charge is -2.03. The lowest BCUT2D eigenvalue weighted by Crippen LogP contribution is -2.05. The predicted molar refractivity (Wildman–Crippen MR) is 83.9 cm³/mol. The van der Waals surface area contributed by atoms with Crippen LogP contribution < -0.4 is 10.1 Å². The van der Waals surface area contributed by atoms with Gasteiger partial charge in [0.25, 0.3) is 5.89 Å². The number of methoxy groups -OCH3 is 1. The Morgan fingerprint density at radius 2 is 2.00 bits per heavy atom. The Bertz CT molecular complexity index is 731. The predicted octanol–water partition coefficient (Wildman–Crippen LogP) is 2.74. The molecule has 0 unspecified atom stereocenters. The monoisotopic (exact) mass is 298 g/mol. The molecular formula is C16H18N4O2. The second-order valence-electron chi connectivity index (χ2n) is 4.94. The van der Waals surface area contributed by atoms with Crippen LogP contribution in [0.3, 0.4) is 0 Å². The first kappa shape index (κ1) is 14.2. The largest absolute Gasteiger partial charge is 0.497 e. The highest BCUT2D eigenvalue weighted by atomic mass is 16.5. The molecule has 0 atom stereocenters. The molecule has 1 aromatic carbocycles. The molecule has 3 aromatic rings. The number of aryl methyl sites for hydroxylation is 1. The van der Waals surface area contributed by atoms with Gasteiger partial charge in [-0.25, -0.2) is 0 Å². The Balaban J connectivity index is 1.56.